The van der Waals surface area contributed by atoms with Gasteiger partial charge in [0.15, 0.2) is 6.61 Å². The van der Waals surface area contributed by atoms with Crippen LogP contribution in [-0.4, -0.2) is 37.4 Å². The highest BCUT2D eigenvalue weighted by atomic mass is 16.5. The molecule has 1 atom stereocenters. The molecule has 2 aromatic carbocycles. The first-order valence-electron chi connectivity index (χ1n) is 10.0. The van der Waals surface area contributed by atoms with Crippen molar-refractivity contribution in [1.29, 1.82) is 0 Å². The first-order chi connectivity index (χ1) is 13.7. The molecular formula is C24H32N2O3. The maximum absolute atomic E-state index is 12.9. The highest BCUT2D eigenvalue weighted by molar-refractivity contribution is 5.94. The molecule has 2 amide bonds. The zero-order valence-corrected chi connectivity index (χ0v) is 18.2. The van der Waals surface area contributed by atoms with Crippen LogP contribution in [0.5, 0.6) is 5.75 Å². The van der Waals surface area contributed by atoms with E-state index in [1.165, 1.54) is 10.5 Å². The van der Waals surface area contributed by atoms with E-state index in [9.17, 15) is 9.59 Å². The molecule has 0 saturated heterocycles. The van der Waals surface area contributed by atoms with Gasteiger partial charge in [0, 0.05) is 19.7 Å². The molecule has 0 aliphatic rings. The average molecular weight is 397 g/mol. The van der Waals surface area contributed by atoms with Crippen LogP contribution in [0, 0.1) is 5.92 Å². The number of ether oxygens (including phenoxy) is 1. The van der Waals surface area contributed by atoms with Crippen LogP contribution in [0.2, 0.25) is 0 Å². The van der Waals surface area contributed by atoms with Gasteiger partial charge in [-0.2, -0.15) is 0 Å². The Morgan fingerprint density at radius 3 is 2.14 bits per heavy atom. The number of hydrogen-bond acceptors (Lipinski definition) is 3. The SMILES string of the molecule is CC(C)c1ccc(C(NC(=O)c2cccc(OCC(=O)N(C)C)c2)C(C)C)cc1. The minimum atomic E-state index is -0.166. The van der Waals surface area contributed by atoms with E-state index < -0.39 is 0 Å². The van der Waals surface area contributed by atoms with Crippen LogP contribution in [0.25, 0.3) is 0 Å². The summed E-state index contributed by atoms with van der Waals surface area (Å²) < 4.78 is 5.52. The third kappa shape index (κ3) is 6.34. The van der Waals surface area contributed by atoms with Gasteiger partial charge >= 0.3 is 0 Å². The Bertz CT molecular complexity index is 826. The molecule has 0 radical (unpaired) electrons. The summed E-state index contributed by atoms with van der Waals surface area (Å²) in [4.78, 5) is 26.0. The van der Waals surface area contributed by atoms with Crippen molar-refractivity contribution < 1.29 is 14.3 Å². The maximum Gasteiger partial charge on any atom is 0.259 e. The summed E-state index contributed by atoms with van der Waals surface area (Å²) in [5.41, 5.74) is 2.87. The predicted octanol–water partition coefficient (Wildman–Crippen LogP) is 4.40. The van der Waals surface area contributed by atoms with Gasteiger partial charge in [0.25, 0.3) is 11.8 Å². The number of nitrogens with zero attached hydrogens (tertiary/aromatic N) is 1. The Balaban J connectivity index is 2.11. The van der Waals surface area contributed by atoms with Crippen molar-refractivity contribution in [2.24, 2.45) is 5.92 Å². The number of nitrogens with one attached hydrogen (secondary N) is 1. The molecule has 0 heterocycles. The third-order valence-corrected chi connectivity index (χ3v) is 4.87. The van der Waals surface area contributed by atoms with Crippen molar-refractivity contribution in [3.63, 3.8) is 0 Å². The largest absolute Gasteiger partial charge is 0.484 e. The van der Waals surface area contributed by atoms with Crippen LogP contribution in [0.3, 0.4) is 0 Å². The van der Waals surface area contributed by atoms with E-state index in [-0.39, 0.29) is 30.4 Å². The van der Waals surface area contributed by atoms with E-state index in [4.69, 9.17) is 4.74 Å². The second-order valence-corrected chi connectivity index (χ2v) is 8.12. The van der Waals surface area contributed by atoms with Gasteiger partial charge in [-0.3, -0.25) is 9.59 Å². The molecule has 1 unspecified atom stereocenters. The van der Waals surface area contributed by atoms with Crippen LogP contribution >= 0.6 is 0 Å². The van der Waals surface area contributed by atoms with Crippen LogP contribution in [-0.2, 0) is 4.79 Å². The lowest BCUT2D eigenvalue weighted by Gasteiger charge is -2.23. The summed E-state index contributed by atoms with van der Waals surface area (Å²) in [6, 6.07) is 15.2. The Morgan fingerprint density at radius 1 is 0.966 bits per heavy atom. The van der Waals surface area contributed by atoms with Gasteiger partial charge in [-0.1, -0.05) is 58.0 Å². The molecular weight excluding hydrogens is 364 g/mol. The average Bonchev–Trinajstić information content (AvgIpc) is 2.70. The molecule has 156 valence electrons. The summed E-state index contributed by atoms with van der Waals surface area (Å²) in [5, 5.41) is 3.14. The van der Waals surface area contributed by atoms with Crippen molar-refractivity contribution in [2.75, 3.05) is 20.7 Å². The zero-order valence-electron chi connectivity index (χ0n) is 18.2. The summed E-state index contributed by atoms with van der Waals surface area (Å²) in [6.07, 6.45) is 0. The van der Waals surface area contributed by atoms with Crippen molar-refractivity contribution in [1.82, 2.24) is 10.2 Å². The monoisotopic (exact) mass is 396 g/mol. The molecule has 2 aromatic rings. The van der Waals surface area contributed by atoms with Crippen LogP contribution < -0.4 is 10.1 Å². The number of carbonyl (C=O) groups excluding carboxylic acids is 2. The number of carbonyl (C=O) groups is 2. The van der Waals surface area contributed by atoms with E-state index in [0.717, 1.165) is 5.56 Å². The molecule has 0 aliphatic heterocycles. The van der Waals surface area contributed by atoms with Gasteiger partial charge in [0.1, 0.15) is 5.75 Å². The lowest BCUT2D eigenvalue weighted by Crippen LogP contribution is -2.31. The predicted molar refractivity (Wildman–Crippen MR) is 116 cm³/mol. The van der Waals surface area contributed by atoms with Crippen molar-refractivity contribution in [2.45, 2.75) is 39.7 Å². The lowest BCUT2D eigenvalue weighted by molar-refractivity contribution is -0.130. The van der Waals surface area contributed by atoms with Crippen LogP contribution in [0.15, 0.2) is 48.5 Å². The third-order valence-electron chi connectivity index (χ3n) is 4.87. The Kier molecular flexibility index (Phi) is 7.82. The Labute approximate surface area is 174 Å². The van der Waals surface area contributed by atoms with E-state index in [0.29, 0.717) is 17.2 Å². The van der Waals surface area contributed by atoms with Crippen LogP contribution in [0.1, 0.15) is 61.1 Å². The summed E-state index contributed by atoms with van der Waals surface area (Å²) in [6.45, 7) is 8.45. The number of benzene rings is 2. The molecule has 2 rings (SSSR count). The summed E-state index contributed by atoms with van der Waals surface area (Å²) >= 11 is 0. The molecule has 0 aromatic heterocycles. The van der Waals surface area contributed by atoms with Crippen LogP contribution in [0.4, 0.5) is 0 Å². The quantitative estimate of drug-likeness (QED) is 0.719. The summed E-state index contributed by atoms with van der Waals surface area (Å²) in [5.74, 6) is 0.903. The Hall–Kier alpha value is -2.82. The highest BCUT2D eigenvalue weighted by Gasteiger charge is 2.20. The molecule has 0 aliphatic carbocycles. The van der Waals surface area contributed by atoms with Gasteiger partial charge in [0.2, 0.25) is 0 Å². The normalized spacial score (nSPS) is 12.0. The second-order valence-electron chi connectivity index (χ2n) is 8.12. The van der Waals surface area contributed by atoms with E-state index in [1.807, 2.05) is 0 Å². The molecule has 0 fully saturated rings. The molecule has 5 nitrogen and oxygen atoms in total. The number of hydrogen-bond donors (Lipinski definition) is 1. The minimum absolute atomic E-state index is 0.0606. The van der Waals surface area contributed by atoms with Gasteiger partial charge in [-0.15, -0.1) is 0 Å². The molecule has 0 bridgehead atoms. The van der Waals surface area contributed by atoms with Crippen molar-refractivity contribution in [3.8, 4) is 5.75 Å². The zero-order chi connectivity index (χ0) is 21.6. The molecule has 1 N–H and O–H groups in total. The minimum Gasteiger partial charge on any atom is -0.484 e. The number of rotatable bonds is 8. The summed E-state index contributed by atoms with van der Waals surface area (Å²) in [7, 11) is 3.35. The second kappa shape index (κ2) is 10.1. The van der Waals surface area contributed by atoms with Crippen molar-refractivity contribution >= 4 is 11.8 Å². The molecule has 5 heteroatoms. The Morgan fingerprint density at radius 2 is 1.59 bits per heavy atom. The fourth-order valence-corrected chi connectivity index (χ4v) is 2.95. The standard InChI is InChI=1S/C24H32N2O3/c1-16(2)18-10-12-19(13-11-18)23(17(3)4)25-24(28)20-8-7-9-21(14-20)29-15-22(27)26(5)6/h7-14,16-17,23H,15H2,1-6H3,(H,25,28). The van der Waals surface area contributed by atoms with Gasteiger partial charge in [-0.25, -0.2) is 0 Å². The van der Waals surface area contributed by atoms with E-state index in [2.05, 4.69) is 57.3 Å². The molecule has 29 heavy (non-hydrogen) atoms. The lowest BCUT2D eigenvalue weighted by atomic mass is 9.93. The van der Waals surface area contributed by atoms with Gasteiger partial charge in [-0.05, 0) is 41.2 Å². The number of amides is 2. The molecule has 0 saturated carbocycles. The first kappa shape index (κ1) is 22.5. The smallest absolute Gasteiger partial charge is 0.259 e. The molecule has 0 spiro atoms. The van der Waals surface area contributed by atoms with Gasteiger partial charge < -0.3 is 15.0 Å². The topological polar surface area (TPSA) is 58.6 Å². The van der Waals surface area contributed by atoms with E-state index in [1.54, 1.807) is 38.4 Å². The fourth-order valence-electron chi connectivity index (χ4n) is 2.95. The number of likely N-dealkylation sites (N-methyl/N-ethyl adjacent to an activating group) is 1. The maximum atomic E-state index is 12.9. The van der Waals surface area contributed by atoms with Gasteiger partial charge in [0.05, 0.1) is 6.04 Å². The highest BCUT2D eigenvalue weighted by Crippen LogP contribution is 2.25. The fraction of sp³-hybridized carbons (Fsp3) is 0.417. The van der Waals surface area contributed by atoms with E-state index >= 15 is 0 Å². The first-order valence-corrected chi connectivity index (χ1v) is 10.0. The van der Waals surface area contributed by atoms with Crippen molar-refractivity contribution in [3.05, 3.63) is 65.2 Å².